The van der Waals surface area contributed by atoms with Crippen LogP contribution in [0.4, 0.5) is 0 Å². The molecular weight excluding hydrogens is 256 g/mol. The van der Waals surface area contributed by atoms with Crippen LogP contribution in [0, 0.1) is 11.3 Å². The molecule has 1 heterocycles. The quantitative estimate of drug-likeness (QED) is 0.831. The summed E-state index contributed by atoms with van der Waals surface area (Å²) in [5.74, 6) is -0.497. The highest BCUT2D eigenvalue weighted by molar-refractivity contribution is 7.89. The van der Waals surface area contributed by atoms with E-state index in [1.807, 2.05) is 0 Å². The lowest BCUT2D eigenvalue weighted by Gasteiger charge is -2.13. The van der Waals surface area contributed by atoms with Crippen LogP contribution in [0.15, 0.2) is 12.1 Å². The predicted octanol–water partition coefficient (Wildman–Crippen LogP) is 1.69. The van der Waals surface area contributed by atoms with E-state index < -0.39 is 15.8 Å². The molecule has 7 heteroatoms. The SMILES string of the molecule is CN(Cc1ccc(Cl)s1)S(=O)(=O)CC#N. The van der Waals surface area contributed by atoms with Gasteiger partial charge in [-0.25, -0.2) is 8.42 Å². The highest BCUT2D eigenvalue weighted by Crippen LogP contribution is 2.22. The van der Waals surface area contributed by atoms with Crippen LogP contribution in [0.1, 0.15) is 4.88 Å². The Morgan fingerprint density at radius 1 is 1.60 bits per heavy atom. The summed E-state index contributed by atoms with van der Waals surface area (Å²) >= 11 is 7.04. The smallest absolute Gasteiger partial charge is 0.211 e. The molecule has 0 radical (unpaired) electrons. The Bertz CT molecular complexity index is 475. The van der Waals surface area contributed by atoms with Gasteiger partial charge in [-0.1, -0.05) is 11.6 Å². The van der Waals surface area contributed by atoms with Crippen LogP contribution in [-0.4, -0.2) is 25.5 Å². The maximum atomic E-state index is 11.4. The number of hydrogen-bond acceptors (Lipinski definition) is 4. The van der Waals surface area contributed by atoms with Crippen molar-refractivity contribution >= 4 is 33.0 Å². The number of halogens is 1. The lowest BCUT2D eigenvalue weighted by Crippen LogP contribution is -2.27. The molecule has 0 atom stereocenters. The fourth-order valence-electron chi connectivity index (χ4n) is 0.946. The normalized spacial score (nSPS) is 11.6. The lowest BCUT2D eigenvalue weighted by atomic mass is 10.5. The second-order valence-corrected chi connectivity index (χ2v) is 6.75. The van der Waals surface area contributed by atoms with Gasteiger partial charge in [-0.2, -0.15) is 9.57 Å². The summed E-state index contributed by atoms with van der Waals surface area (Å²) in [7, 11) is -2.02. The summed E-state index contributed by atoms with van der Waals surface area (Å²) in [5, 5.41) is 8.35. The van der Waals surface area contributed by atoms with E-state index in [0.29, 0.717) is 4.34 Å². The molecule has 0 aliphatic heterocycles. The largest absolute Gasteiger partial charge is 0.227 e. The first kappa shape index (κ1) is 12.5. The molecule has 0 bridgehead atoms. The summed E-state index contributed by atoms with van der Waals surface area (Å²) in [6, 6.07) is 5.11. The van der Waals surface area contributed by atoms with E-state index in [-0.39, 0.29) is 6.54 Å². The molecule has 0 fully saturated rings. The van der Waals surface area contributed by atoms with Gasteiger partial charge >= 0.3 is 0 Å². The summed E-state index contributed by atoms with van der Waals surface area (Å²) in [5.41, 5.74) is 0. The molecule has 0 saturated heterocycles. The highest BCUT2D eigenvalue weighted by atomic mass is 35.5. The molecular formula is C8H9ClN2O2S2. The van der Waals surface area contributed by atoms with E-state index in [1.54, 1.807) is 18.2 Å². The summed E-state index contributed by atoms with van der Waals surface area (Å²) in [4.78, 5) is 0.851. The fourth-order valence-corrected chi connectivity index (χ4v) is 2.89. The first-order valence-corrected chi connectivity index (χ1v) is 6.81. The maximum Gasteiger partial charge on any atom is 0.227 e. The first-order valence-electron chi connectivity index (χ1n) is 4.01. The van der Waals surface area contributed by atoms with E-state index in [1.165, 1.54) is 18.4 Å². The van der Waals surface area contributed by atoms with Crippen molar-refractivity contribution in [3.63, 3.8) is 0 Å². The summed E-state index contributed by atoms with van der Waals surface area (Å²) in [6.45, 7) is 0.251. The van der Waals surface area contributed by atoms with Gasteiger partial charge in [-0.3, -0.25) is 0 Å². The van der Waals surface area contributed by atoms with E-state index in [4.69, 9.17) is 16.9 Å². The Labute approximate surface area is 97.7 Å². The molecule has 0 unspecified atom stereocenters. The van der Waals surface area contributed by atoms with E-state index in [2.05, 4.69) is 0 Å². The van der Waals surface area contributed by atoms with Crippen LogP contribution < -0.4 is 0 Å². The Kier molecular flexibility index (Phi) is 4.11. The molecule has 0 amide bonds. The van der Waals surface area contributed by atoms with Crippen LogP contribution in [-0.2, 0) is 16.6 Å². The third kappa shape index (κ3) is 3.47. The zero-order valence-corrected chi connectivity index (χ0v) is 10.4. The zero-order chi connectivity index (χ0) is 11.5. The Balaban J connectivity index is 2.72. The molecule has 4 nitrogen and oxygen atoms in total. The summed E-state index contributed by atoms with van der Waals surface area (Å²) < 4.78 is 24.6. The van der Waals surface area contributed by atoms with Crippen LogP contribution in [0.2, 0.25) is 4.34 Å². The fraction of sp³-hybridized carbons (Fsp3) is 0.375. The minimum absolute atomic E-state index is 0.251. The van der Waals surface area contributed by atoms with Gasteiger partial charge in [0.05, 0.1) is 10.4 Å². The zero-order valence-electron chi connectivity index (χ0n) is 7.97. The average Bonchev–Trinajstić information content (AvgIpc) is 2.51. The van der Waals surface area contributed by atoms with Gasteiger partial charge in [-0.15, -0.1) is 11.3 Å². The molecule has 0 aromatic carbocycles. The molecule has 1 rings (SSSR count). The van der Waals surface area contributed by atoms with E-state index >= 15 is 0 Å². The van der Waals surface area contributed by atoms with Crippen molar-refractivity contribution in [2.75, 3.05) is 12.8 Å². The van der Waals surface area contributed by atoms with Crippen molar-refractivity contribution in [3.8, 4) is 6.07 Å². The number of hydrogen-bond donors (Lipinski definition) is 0. The van der Waals surface area contributed by atoms with Crippen LogP contribution >= 0.6 is 22.9 Å². The molecule has 0 N–H and O–H groups in total. The van der Waals surface area contributed by atoms with Crippen molar-refractivity contribution in [1.29, 1.82) is 5.26 Å². The molecule has 0 aliphatic rings. The molecule has 1 aromatic heterocycles. The third-order valence-corrected chi connectivity index (χ3v) is 4.52. The maximum absolute atomic E-state index is 11.4. The topological polar surface area (TPSA) is 61.2 Å². The minimum Gasteiger partial charge on any atom is -0.211 e. The monoisotopic (exact) mass is 264 g/mol. The lowest BCUT2D eigenvalue weighted by molar-refractivity contribution is 0.472. The average molecular weight is 265 g/mol. The van der Waals surface area contributed by atoms with Gasteiger partial charge < -0.3 is 0 Å². The third-order valence-electron chi connectivity index (χ3n) is 1.73. The van der Waals surface area contributed by atoms with Gasteiger partial charge in [-0.05, 0) is 12.1 Å². The predicted molar refractivity (Wildman–Crippen MR) is 60.2 cm³/mol. The summed E-state index contributed by atoms with van der Waals surface area (Å²) in [6.07, 6.45) is 0. The van der Waals surface area contributed by atoms with Gasteiger partial charge in [0.25, 0.3) is 0 Å². The Hall–Kier alpha value is -0.610. The van der Waals surface area contributed by atoms with Crippen molar-refractivity contribution in [2.45, 2.75) is 6.54 Å². The van der Waals surface area contributed by atoms with Gasteiger partial charge in [0, 0.05) is 18.5 Å². The van der Waals surface area contributed by atoms with Crippen molar-refractivity contribution in [3.05, 3.63) is 21.3 Å². The van der Waals surface area contributed by atoms with Crippen molar-refractivity contribution < 1.29 is 8.42 Å². The molecule has 0 saturated carbocycles. The number of thiophene rings is 1. The van der Waals surface area contributed by atoms with Crippen LogP contribution in [0.25, 0.3) is 0 Å². The molecule has 0 aliphatic carbocycles. The molecule has 1 aromatic rings. The Morgan fingerprint density at radius 2 is 2.27 bits per heavy atom. The second kappa shape index (κ2) is 4.94. The van der Waals surface area contributed by atoms with Crippen molar-refractivity contribution in [2.24, 2.45) is 0 Å². The second-order valence-electron chi connectivity index (χ2n) is 2.88. The number of nitrogens with zero attached hydrogens (tertiary/aromatic N) is 2. The Morgan fingerprint density at radius 3 is 2.73 bits per heavy atom. The number of sulfonamides is 1. The molecule has 15 heavy (non-hydrogen) atoms. The molecule has 0 spiro atoms. The van der Waals surface area contributed by atoms with Gasteiger partial charge in [0.15, 0.2) is 5.75 Å². The van der Waals surface area contributed by atoms with E-state index in [0.717, 1.165) is 9.18 Å². The standard InChI is InChI=1S/C8H9ClN2O2S2/c1-11(15(12,13)5-4-10)6-7-2-3-8(9)14-7/h2-3H,5-6H2,1H3. The van der Waals surface area contributed by atoms with Gasteiger partial charge in [0.2, 0.25) is 10.0 Å². The number of rotatable bonds is 4. The minimum atomic E-state index is -3.46. The highest BCUT2D eigenvalue weighted by Gasteiger charge is 2.17. The van der Waals surface area contributed by atoms with Crippen molar-refractivity contribution in [1.82, 2.24) is 4.31 Å². The number of nitriles is 1. The van der Waals surface area contributed by atoms with Crippen LogP contribution in [0.3, 0.4) is 0 Å². The van der Waals surface area contributed by atoms with Crippen LogP contribution in [0.5, 0.6) is 0 Å². The first-order chi connectivity index (χ1) is 6.95. The molecule has 82 valence electrons. The van der Waals surface area contributed by atoms with Gasteiger partial charge in [0.1, 0.15) is 0 Å². The van der Waals surface area contributed by atoms with E-state index in [9.17, 15) is 8.42 Å².